The third-order valence-electron chi connectivity index (χ3n) is 7.13. The van der Waals surface area contributed by atoms with E-state index in [9.17, 15) is 4.39 Å². The van der Waals surface area contributed by atoms with Crippen LogP contribution in [0.1, 0.15) is 12.8 Å². The van der Waals surface area contributed by atoms with Crippen LogP contribution in [0.5, 0.6) is 5.75 Å². The number of benzene rings is 1. The van der Waals surface area contributed by atoms with Gasteiger partial charge in [0.2, 0.25) is 0 Å². The van der Waals surface area contributed by atoms with Gasteiger partial charge in [-0.15, -0.1) is 11.3 Å². The van der Waals surface area contributed by atoms with Gasteiger partial charge in [-0.2, -0.15) is 9.49 Å². The topological polar surface area (TPSA) is 80.7 Å². The Hall–Kier alpha value is -4.08. The number of nitrogens with one attached hydrogen (secondary N) is 2. The Morgan fingerprint density at radius 1 is 0.947 bits per heavy atom. The molecule has 2 N–H and O–H groups in total. The van der Waals surface area contributed by atoms with Crippen molar-refractivity contribution in [2.45, 2.75) is 18.9 Å². The van der Waals surface area contributed by atoms with Gasteiger partial charge >= 0.3 is 0 Å². The van der Waals surface area contributed by atoms with E-state index in [-0.39, 0.29) is 11.2 Å². The van der Waals surface area contributed by atoms with E-state index in [0.29, 0.717) is 0 Å². The SMILES string of the molecule is Cn1nc(-c2cc3c(-c4ccc(F)s4)cncc3[nH]2)c2cc(-c3cncc(OC4CCNCC4)c3)ccc21. The van der Waals surface area contributed by atoms with Gasteiger partial charge in [-0.1, -0.05) is 6.07 Å². The Morgan fingerprint density at radius 2 is 1.82 bits per heavy atom. The van der Waals surface area contributed by atoms with Crippen LogP contribution in [0.2, 0.25) is 0 Å². The largest absolute Gasteiger partial charge is 0.489 e. The van der Waals surface area contributed by atoms with Crippen LogP contribution in [0.4, 0.5) is 4.39 Å². The predicted octanol–water partition coefficient (Wildman–Crippen LogP) is 6.18. The van der Waals surface area contributed by atoms with Crippen molar-refractivity contribution in [3.8, 4) is 38.7 Å². The van der Waals surface area contributed by atoms with Crippen LogP contribution in [-0.4, -0.2) is 43.9 Å². The molecular formula is C29H25FN6OS. The molecular weight excluding hydrogens is 499 g/mol. The highest BCUT2D eigenvalue weighted by molar-refractivity contribution is 7.14. The lowest BCUT2D eigenvalue weighted by atomic mass is 10.0. The molecule has 1 aromatic carbocycles. The number of aromatic nitrogens is 5. The summed E-state index contributed by atoms with van der Waals surface area (Å²) in [5.41, 5.74) is 6.58. The van der Waals surface area contributed by atoms with Crippen molar-refractivity contribution in [3.05, 3.63) is 72.4 Å². The van der Waals surface area contributed by atoms with Crippen LogP contribution in [0.3, 0.4) is 0 Å². The van der Waals surface area contributed by atoms with Gasteiger partial charge in [0, 0.05) is 46.2 Å². The molecule has 1 aliphatic rings. The number of halogens is 1. The maximum Gasteiger partial charge on any atom is 0.176 e. The molecule has 6 heterocycles. The van der Waals surface area contributed by atoms with Crippen molar-refractivity contribution in [2.24, 2.45) is 7.05 Å². The summed E-state index contributed by atoms with van der Waals surface area (Å²) in [6.07, 6.45) is 9.45. The highest BCUT2D eigenvalue weighted by Crippen LogP contribution is 2.37. The molecule has 0 amide bonds. The highest BCUT2D eigenvalue weighted by Gasteiger charge is 2.18. The zero-order valence-electron chi connectivity index (χ0n) is 20.7. The third kappa shape index (κ3) is 4.13. The monoisotopic (exact) mass is 524 g/mol. The Labute approximate surface area is 222 Å². The summed E-state index contributed by atoms with van der Waals surface area (Å²) < 4.78 is 21.9. The van der Waals surface area contributed by atoms with Gasteiger partial charge in [-0.05, 0) is 67.9 Å². The fourth-order valence-electron chi connectivity index (χ4n) is 5.23. The Bertz CT molecular complexity index is 1780. The van der Waals surface area contributed by atoms with Crippen molar-refractivity contribution < 1.29 is 9.13 Å². The number of H-pyrrole nitrogens is 1. The number of pyridine rings is 2. The van der Waals surface area contributed by atoms with Crippen LogP contribution in [0.25, 0.3) is 54.8 Å². The number of ether oxygens (including phenoxy) is 1. The molecule has 0 atom stereocenters. The summed E-state index contributed by atoms with van der Waals surface area (Å²) in [4.78, 5) is 13.2. The molecule has 0 saturated carbocycles. The van der Waals surface area contributed by atoms with Gasteiger partial charge in [0.05, 0.1) is 29.1 Å². The Balaban J connectivity index is 1.28. The molecule has 0 unspecified atom stereocenters. The number of fused-ring (bicyclic) bond motifs is 2. The fraction of sp³-hybridized carbons (Fsp3) is 0.207. The number of rotatable bonds is 5. The first-order valence-corrected chi connectivity index (χ1v) is 13.5. The fourth-order valence-corrected chi connectivity index (χ4v) is 5.98. The second-order valence-electron chi connectivity index (χ2n) is 9.62. The minimum atomic E-state index is -0.212. The normalized spacial score (nSPS) is 14.5. The first-order chi connectivity index (χ1) is 18.6. The van der Waals surface area contributed by atoms with Crippen molar-refractivity contribution in [1.82, 2.24) is 30.0 Å². The summed E-state index contributed by atoms with van der Waals surface area (Å²) >= 11 is 1.12. The molecule has 38 heavy (non-hydrogen) atoms. The minimum Gasteiger partial charge on any atom is -0.489 e. The lowest BCUT2D eigenvalue weighted by Crippen LogP contribution is -2.34. The zero-order valence-corrected chi connectivity index (χ0v) is 21.6. The molecule has 5 aromatic heterocycles. The second-order valence-corrected chi connectivity index (χ2v) is 10.6. The number of nitrogens with zero attached hydrogens (tertiary/aromatic N) is 4. The Kier molecular flexibility index (Phi) is 5.67. The highest BCUT2D eigenvalue weighted by atomic mass is 32.1. The van der Waals surface area contributed by atoms with Gasteiger partial charge in [-0.3, -0.25) is 14.6 Å². The lowest BCUT2D eigenvalue weighted by molar-refractivity contribution is 0.162. The maximum atomic E-state index is 13.7. The molecule has 0 spiro atoms. The average Bonchev–Trinajstić information content (AvgIpc) is 3.66. The standard InChI is InChI=1S/C29H25FN6OS/c1-36-26-3-2-17(18-10-20(14-32-13-18)37-19-6-8-31-9-7-19)11-22(26)29(35-36)24-12-21-23(15-33-16-25(21)34-24)27-4-5-28(30)38-27/h2-5,10-16,19,31,34H,6-9H2,1H3. The number of aromatic amines is 1. The quantitative estimate of drug-likeness (QED) is 0.282. The molecule has 1 aliphatic heterocycles. The molecule has 7 nitrogen and oxygen atoms in total. The van der Waals surface area contributed by atoms with Crippen molar-refractivity contribution in [3.63, 3.8) is 0 Å². The molecule has 7 rings (SSSR count). The lowest BCUT2D eigenvalue weighted by Gasteiger charge is -2.23. The smallest absolute Gasteiger partial charge is 0.176 e. The van der Waals surface area contributed by atoms with E-state index in [4.69, 9.17) is 9.84 Å². The molecule has 190 valence electrons. The second kappa shape index (κ2) is 9.34. The Morgan fingerprint density at radius 3 is 2.66 bits per heavy atom. The van der Waals surface area contributed by atoms with Gasteiger partial charge < -0.3 is 15.0 Å². The number of thiophene rings is 1. The number of piperidine rings is 1. The van der Waals surface area contributed by atoms with E-state index in [1.54, 1.807) is 24.7 Å². The first-order valence-electron chi connectivity index (χ1n) is 12.6. The van der Waals surface area contributed by atoms with Crippen LogP contribution in [0.15, 0.2) is 67.3 Å². The summed E-state index contributed by atoms with van der Waals surface area (Å²) in [7, 11) is 1.95. The van der Waals surface area contributed by atoms with Gasteiger partial charge in [0.25, 0.3) is 0 Å². The summed E-state index contributed by atoms with van der Waals surface area (Å²) in [6, 6.07) is 13.8. The van der Waals surface area contributed by atoms with E-state index in [1.165, 1.54) is 6.07 Å². The molecule has 1 saturated heterocycles. The molecule has 0 aliphatic carbocycles. The molecule has 0 radical (unpaired) electrons. The van der Waals surface area contributed by atoms with E-state index in [1.807, 2.05) is 17.9 Å². The molecule has 1 fully saturated rings. The van der Waals surface area contributed by atoms with E-state index in [0.717, 1.165) is 97.8 Å². The van der Waals surface area contributed by atoms with Crippen LogP contribution in [-0.2, 0) is 7.05 Å². The van der Waals surface area contributed by atoms with E-state index in [2.05, 4.69) is 50.6 Å². The maximum absolute atomic E-state index is 13.7. The van der Waals surface area contributed by atoms with E-state index < -0.39 is 0 Å². The van der Waals surface area contributed by atoms with Crippen molar-refractivity contribution >= 4 is 33.1 Å². The number of hydrogen-bond donors (Lipinski definition) is 2. The summed E-state index contributed by atoms with van der Waals surface area (Å²) in [5.74, 6) is 0.793. The number of aryl methyl sites for hydroxylation is 1. The van der Waals surface area contributed by atoms with Crippen LogP contribution >= 0.6 is 11.3 Å². The third-order valence-corrected chi connectivity index (χ3v) is 8.03. The van der Waals surface area contributed by atoms with Crippen molar-refractivity contribution in [2.75, 3.05) is 13.1 Å². The van der Waals surface area contributed by atoms with Gasteiger partial charge in [0.1, 0.15) is 17.5 Å². The van der Waals surface area contributed by atoms with Gasteiger partial charge in [-0.25, -0.2) is 0 Å². The summed E-state index contributed by atoms with van der Waals surface area (Å²) in [6.45, 7) is 1.96. The molecule has 9 heteroatoms. The predicted molar refractivity (Wildman–Crippen MR) is 149 cm³/mol. The summed E-state index contributed by atoms with van der Waals surface area (Å²) in [5, 5.41) is 10.0. The van der Waals surface area contributed by atoms with Crippen LogP contribution in [0, 0.1) is 5.13 Å². The first kappa shape index (κ1) is 23.1. The number of hydrogen-bond acceptors (Lipinski definition) is 6. The van der Waals surface area contributed by atoms with Crippen LogP contribution < -0.4 is 10.1 Å². The van der Waals surface area contributed by atoms with E-state index >= 15 is 0 Å². The molecule has 6 aromatic rings. The average molecular weight is 525 g/mol. The zero-order chi connectivity index (χ0) is 25.6. The minimum absolute atomic E-state index is 0.212. The van der Waals surface area contributed by atoms with Crippen molar-refractivity contribution in [1.29, 1.82) is 0 Å². The van der Waals surface area contributed by atoms with Gasteiger partial charge in [0.15, 0.2) is 5.13 Å². The molecule has 0 bridgehead atoms.